The fourth-order valence-electron chi connectivity index (χ4n) is 1.09. The van der Waals surface area contributed by atoms with Gasteiger partial charge in [0.2, 0.25) is 0 Å². The third-order valence-corrected chi connectivity index (χ3v) is 2.08. The van der Waals surface area contributed by atoms with Crippen molar-refractivity contribution in [1.82, 2.24) is 5.32 Å². The molecule has 0 aliphatic carbocycles. The lowest BCUT2D eigenvalue weighted by Gasteiger charge is -2.15. The van der Waals surface area contributed by atoms with E-state index in [-0.39, 0.29) is 0 Å². The zero-order valence-corrected chi connectivity index (χ0v) is 9.06. The van der Waals surface area contributed by atoms with Gasteiger partial charge in [-0.15, -0.1) is 0 Å². The van der Waals surface area contributed by atoms with Gasteiger partial charge in [0.05, 0.1) is 6.54 Å². The second-order valence-corrected chi connectivity index (χ2v) is 3.52. The standard InChI is InChI=1S/C10H7F6NO2/c11-5-1-4(2-6(12)8(5)13)9(19)17-3-7(18)10(14,15)16/h1-2,7,18H,3H2,(H,17,19). The quantitative estimate of drug-likeness (QED) is 0.657. The van der Waals surface area contributed by atoms with Gasteiger partial charge in [0.15, 0.2) is 23.6 Å². The van der Waals surface area contributed by atoms with Crippen LogP contribution in [0.2, 0.25) is 0 Å². The number of aliphatic hydroxyl groups is 1. The van der Waals surface area contributed by atoms with E-state index in [9.17, 15) is 31.1 Å². The first kappa shape index (κ1) is 15.3. The molecule has 0 aromatic heterocycles. The largest absolute Gasteiger partial charge is 0.416 e. The molecule has 3 nitrogen and oxygen atoms in total. The Hall–Kier alpha value is -1.77. The molecule has 1 rings (SSSR count). The van der Waals surface area contributed by atoms with Crippen LogP contribution < -0.4 is 5.32 Å². The van der Waals surface area contributed by atoms with Crippen molar-refractivity contribution < 1.29 is 36.2 Å². The molecular weight excluding hydrogens is 280 g/mol. The molecule has 106 valence electrons. The Kier molecular flexibility index (Phi) is 4.40. The highest BCUT2D eigenvalue weighted by molar-refractivity contribution is 5.94. The number of aliphatic hydroxyl groups excluding tert-OH is 1. The third-order valence-electron chi connectivity index (χ3n) is 2.08. The van der Waals surface area contributed by atoms with E-state index >= 15 is 0 Å². The Morgan fingerprint density at radius 2 is 1.68 bits per heavy atom. The summed E-state index contributed by atoms with van der Waals surface area (Å²) in [5.74, 6) is -6.38. The summed E-state index contributed by atoms with van der Waals surface area (Å²) < 4.78 is 73.8. The first-order valence-corrected chi connectivity index (χ1v) is 4.80. The number of carbonyl (C=O) groups is 1. The maximum absolute atomic E-state index is 12.8. The van der Waals surface area contributed by atoms with Crippen LogP contribution in [0.4, 0.5) is 26.3 Å². The van der Waals surface area contributed by atoms with E-state index in [0.29, 0.717) is 12.1 Å². The van der Waals surface area contributed by atoms with Crippen molar-refractivity contribution in [3.8, 4) is 0 Å². The van der Waals surface area contributed by atoms with E-state index in [1.165, 1.54) is 0 Å². The third kappa shape index (κ3) is 3.85. The van der Waals surface area contributed by atoms with Crippen molar-refractivity contribution >= 4 is 5.91 Å². The Labute approximate surface area is 102 Å². The van der Waals surface area contributed by atoms with E-state index < -0.39 is 47.7 Å². The minimum atomic E-state index is -4.94. The number of nitrogens with one attached hydrogen (secondary N) is 1. The molecule has 2 N–H and O–H groups in total. The highest BCUT2D eigenvalue weighted by Gasteiger charge is 2.38. The van der Waals surface area contributed by atoms with Gasteiger partial charge in [0.1, 0.15) is 0 Å². The lowest BCUT2D eigenvalue weighted by atomic mass is 10.2. The van der Waals surface area contributed by atoms with Gasteiger partial charge in [0, 0.05) is 5.56 Å². The monoisotopic (exact) mass is 287 g/mol. The van der Waals surface area contributed by atoms with E-state index in [1.807, 2.05) is 0 Å². The zero-order chi connectivity index (χ0) is 14.8. The summed E-state index contributed by atoms with van der Waals surface area (Å²) in [7, 11) is 0. The second kappa shape index (κ2) is 5.47. The van der Waals surface area contributed by atoms with Crippen molar-refractivity contribution in [2.45, 2.75) is 12.3 Å². The molecule has 0 radical (unpaired) electrons. The van der Waals surface area contributed by atoms with Crippen LogP contribution in [0.25, 0.3) is 0 Å². The molecule has 9 heteroatoms. The normalized spacial score (nSPS) is 13.2. The molecule has 0 saturated heterocycles. The number of halogens is 6. The minimum Gasteiger partial charge on any atom is -0.382 e. The number of amides is 1. The number of hydrogen-bond donors (Lipinski definition) is 2. The highest BCUT2D eigenvalue weighted by atomic mass is 19.4. The number of benzene rings is 1. The fourth-order valence-corrected chi connectivity index (χ4v) is 1.09. The van der Waals surface area contributed by atoms with Crippen LogP contribution in [0, 0.1) is 17.5 Å². The minimum absolute atomic E-state index is 0.327. The average molecular weight is 287 g/mol. The Bertz CT molecular complexity index is 464. The Morgan fingerprint density at radius 1 is 1.21 bits per heavy atom. The summed E-state index contributed by atoms with van der Waals surface area (Å²) in [6, 6.07) is 0.654. The van der Waals surface area contributed by atoms with E-state index in [2.05, 4.69) is 0 Å². The van der Waals surface area contributed by atoms with Gasteiger partial charge >= 0.3 is 6.18 Å². The number of carbonyl (C=O) groups excluding carboxylic acids is 1. The van der Waals surface area contributed by atoms with Gasteiger partial charge in [-0.2, -0.15) is 13.2 Å². The predicted octanol–water partition coefficient (Wildman–Crippen LogP) is 1.76. The molecule has 1 aromatic rings. The van der Waals surface area contributed by atoms with Crippen molar-refractivity contribution in [2.75, 3.05) is 6.54 Å². The summed E-state index contributed by atoms with van der Waals surface area (Å²) in [5.41, 5.74) is -0.703. The molecule has 0 aliphatic heterocycles. The van der Waals surface area contributed by atoms with Gasteiger partial charge in [-0.25, -0.2) is 13.2 Å². The lowest BCUT2D eigenvalue weighted by Crippen LogP contribution is -2.40. The number of rotatable bonds is 3. The Balaban J connectivity index is 2.75. The summed E-state index contributed by atoms with van der Waals surface area (Å²) in [4.78, 5) is 11.2. The summed E-state index contributed by atoms with van der Waals surface area (Å²) in [6.45, 7) is -1.19. The average Bonchev–Trinajstić information content (AvgIpc) is 2.30. The molecule has 19 heavy (non-hydrogen) atoms. The molecule has 0 bridgehead atoms. The topological polar surface area (TPSA) is 49.3 Å². The van der Waals surface area contributed by atoms with Gasteiger partial charge in [-0.1, -0.05) is 0 Å². The first-order valence-electron chi connectivity index (χ1n) is 4.80. The van der Waals surface area contributed by atoms with Crippen molar-refractivity contribution in [3.05, 3.63) is 35.1 Å². The van der Waals surface area contributed by atoms with Crippen LogP contribution in [0.3, 0.4) is 0 Å². The highest BCUT2D eigenvalue weighted by Crippen LogP contribution is 2.19. The van der Waals surface area contributed by atoms with Gasteiger partial charge in [-0.3, -0.25) is 4.79 Å². The molecule has 1 unspecified atom stereocenters. The van der Waals surface area contributed by atoms with Gasteiger partial charge < -0.3 is 10.4 Å². The van der Waals surface area contributed by atoms with Crippen LogP contribution in [-0.2, 0) is 0 Å². The molecule has 1 aromatic carbocycles. The molecular formula is C10H7F6NO2. The van der Waals surface area contributed by atoms with Crippen molar-refractivity contribution in [1.29, 1.82) is 0 Å². The van der Waals surface area contributed by atoms with Crippen LogP contribution in [-0.4, -0.2) is 29.8 Å². The second-order valence-electron chi connectivity index (χ2n) is 3.52. The lowest BCUT2D eigenvalue weighted by molar-refractivity contribution is -0.201. The van der Waals surface area contributed by atoms with Crippen LogP contribution >= 0.6 is 0 Å². The molecule has 0 aliphatic rings. The van der Waals surface area contributed by atoms with E-state index in [0.717, 1.165) is 0 Å². The van der Waals surface area contributed by atoms with Gasteiger partial charge in [-0.05, 0) is 12.1 Å². The summed E-state index contributed by atoms with van der Waals surface area (Å²) in [5, 5.41) is 10.2. The smallest absolute Gasteiger partial charge is 0.382 e. The molecule has 0 saturated carbocycles. The fraction of sp³-hybridized carbons (Fsp3) is 0.300. The zero-order valence-electron chi connectivity index (χ0n) is 9.06. The van der Waals surface area contributed by atoms with Crippen molar-refractivity contribution in [3.63, 3.8) is 0 Å². The maximum Gasteiger partial charge on any atom is 0.416 e. The van der Waals surface area contributed by atoms with E-state index in [1.54, 1.807) is 5.32 Å². The van der Waals surface area contributed by atoms with E-state index in [4.69, 9.17) is 5.11 Å². The molecule has 1 atom stereocenters. The van der Waals surface area contributed by atoms with Crippen LogP contribution in [0.15, 0.2) is 12.1 Å². The number of alkyl halides is 3. The maximum atomic E-state index is 12.8. The predicted molar refractivity (Wildman–Crippen MR) is 50.7 cm³/mol. The SMILES string of the molecule is O=C(NCC(O)C(F)(F)F)c1cc(F)c(F)c(F)c1. The molecule has 0 fully saturated rings. The Morgan fingerprint density at radius 3 is 2.11 bits per heavy atom. The summed E-state index contributed by atoms with van der Waals surface area (Å²) >= 11 is 0. The molecule has 0 heterocycles. The first-order chi connectivity index (χ1) is 8.62. The van der Waals surface area contributed by atoms with Crippen LogP contribution in [0.5, 0.6) is 0 Å². The van der Waals surface area contributed by atoms with Crippen LogP contribution in [0.1, 0.15) is 10.4 Å². The summed E-state index contributed by atoms with van der Waals surface area (Å²) in [6.07, 6.45) is -7.75. The van der Waals surface area contributed by atoms with Crippen molar-refractivity contribution in [2.24, 2.45) is 0 Å². The number of hydrogen-bond acceptors (Lipinski definition) is 2. The van der Waals surface area contributed by atoms with Gasteiger partial charge in [0.25, 0.3) is 5.91 Å². The molecule has 0 spiro atoms. The molecule has 1 amide bonds.